The summed E-state index contributed by atoms with van der Waals surface area (Å²) in [5.41, 5.74) is 0.582. The molecule has 4 atom stereocenters. The van der Waals surface area contributed by atoms with E-state index in [4.69, 9.17) is 0 Å². The molecular formula is C16H21FN2O. The van der Waals surface area contributed by atoms with Crippen LogP contribution >= 0.6 is 0 Å². The number of carbonyl (C=O) groups excluding carboxylic acids is 1. The minimum Gasteiger partial charge on any atom is -0.318 e. The van der Waals surface area contributed by atoms with Crippen molar-refractivity contribution in [3.63, 3.8) is 0 Å². The van der Waals surface area contributed by atoms with Crippen LogP contribution in [0.5, 0.6) is 0 Å². The van der Waals surface area contributed by atoms with Crippen LogP contribution in [0.3, 0.4) is 0 Å². The van der Waals surface area contributed by atoms with Crippen molar-refractivity contribution < 1.29 is 9.18 Å². The molecule has 1 saturated carbocycles. The van der Waals surface area contributed by atoms with Gasteiger partial charge in [-0.15, -0.1) is 0 Å². The third kappa shape index (κ3) is 2.22. The summed E-state index contributed by atoms with van der Waals surface area (Å²) in [7, 11) is 0. The number of amides is 1. The second-order valence-electron chi connectivity index (χ2n) is 5.96. The molecule has 1 saturated heterocycles. The van der Waals surface area contributed by atoms with Gasteiger partial charge in [-0.1, -0.05) is 38.5 Å². The highest BCUT2D eigenvalue weighted by Gasteiger charge is 2.50. The van der Waals surface area contributed by atoms with Gasteiger partial charge in [0.25, 0.3) is 0 Å². The van der Waals surface area contributed by atoms with E-state index in [9.17, 15) is 9.18 Å². The van der Waals surface area contributed by atoms with Gasteiger partial charge < -0.3 is 4.90 Å². The third-order valence-corrected chi connectivity index (χ3v) is 4.39. The Labute approximate surface area is 119 Å². The van der Waals surface area contributed by atoms with Crippen LogP contribution in [-0.4, -0.2) is 22.9 Å². The average Bonchev–Trinajstić information content (AvgIpc) is 3.05. The molecule has 4 unspecified atom stereocenters. The third-order valence-electron chi connectivity index (χ3n) is 4.39. The van der Waals surface area contributed by atoms with Crippen molar-refractivity contribution in [2.45, 2.75) is 51.4 Å². The lowest BCUT2D eigenvalue weighted by molar-refractivity contribution is -0.131. The normalized spacial score (nSPS) is 32.8. The SMILES string of the molecule is CCCC1NC(c2ccccc2F)N(C2CC2C)C1=O. The Hall–Kier alpha value is -1.42. The minimum absolute atomic E-state index is 0.134. The van der Waals surface area contributed by atoms with Crippen molar-refractivity contribution in [1.82, 2.24) is 10.2 Å². The summed E-state index contributed by atoms with van der Waals surface area (Å²) in [6.07, 6.45) is 2.47. The Kier molecular flexibility index (Phi) is 3.50. The fraction of sp³-hybridized carbons (Fsp3) is 0.562. The molecular weight excluding hydrogens is 255 g/mol. The number of nitrogens with zero attached hydrogens (tertiary/aromatic N) is 1. The predicted octanol–water partition coefficient (Wildman–Crippen LogP) is 2.83. The van der Waals surface area contributed by atoms with E-state index in [1.807, 2.05) is 11.0 Å². The number of carbonyl (C=O) groups is 1. The van der Waals surface area contributed by atoms with E-state index in [1.165, 1.54) is 6.07 Å². The summed E-state index contributed by atoms with van der Waals surface area (Å²) in [5, 5.41) is 3.33. The van der Waals surface area contributed by atoms with E-state index in [1.54, 1.807) is 12.1 Å². The van der Waals surface area contributed by atoms with Crippen molar-refractivity contribution in [3.05, 3.63) is 35.6 Å². The topological polar surface area (TPSA) is 32.3 Å². The Balaban J connectivity index is 1.91. The largest absolute Gasteiger partial charge is 0.318 e. The standard InChI is InChI=1S/C16H21FN2O/c1-3-6-13-16(20)19(14-9-10(14)2)15(18-13)11-7-4-5-8-12(11)17/h4-5,7-8,10,13-15,18H,3,6,9H2,1-2H3. The Morgan fingerprint density at radius 3 is 2.70 bits per heavy atom. The van der Waals surface area contributed by atoms with Crippen LogP contribution < -0.4 is 5.32 Å². The summed E-state index contributed by atoms with van der Waals surface area (Å²) in [6.45, 7) is 4.21. The maximum atomic E-state index is 14.1. The molecule has 1 N–H and O–H groups in total. The zero-order valence-corrected chi connectivity index (χ0v) is 12.0. The van der Waals surface area contributed by atoms with Crippen LogP contribution in [0.1, 0.15) is 44.8 Å². The van der Waals surface area contributed by atoms with Gasteiger partial charge in [0, 0.05) is 11.6 Å². The van der Waals surface area contributed by atoms with Crippen LogP contribution in [0.25, 0.3) is 0 Å². The van der Waals surface area contributed by atoms with Crippen LogP contribution in [0.2, 0.25) is 0 Å². The highest BCUT2D eigenvalue weighted by Crippen LogP contribution is 2.42. The first-order valence-electron chi connectivity index (χ1n) is 7.46. The van der Waals surface area contributed by atoms with Crippen molar-refractivity contribution in [2.24, 2.45) is 5.92 Å². The zero-order valence-electron chi connectivity index (χ0n) is 12.0. The van der Waals surface area contributed by atoms with Gasteiger partial charge >= 0.3 is 0 Å². The minimum atomic E-state index is -0.310. The lowest BCUT2D eigenvalue weighted by Crippen LogP contribution is -2.34. The Bertz CT molecular complexity index is 519. The van der Waals surface area contributed by atoms with Gasteiger partial charge in [0.15, 0.2) is 0 Å². The van der Waals surface area contributed by atoms with Gasteiger partial charge in [-0.05, 0) is 24.8 Å². The molecule has 0 spiro atoms. The molecule has 1 aromatic carbocycles. The maximum absolute atomic E-state index is 14.1. The van der Waals surface area contributed by atoms with Crippen molar-refractivity contribution in [1.29, 1.82) is 0 Å². The summed E-state index contributed by atoms with van der Waals surface area (Å²) in [6, 6.07) is 6.84. The summed E-state index contributed by atoms with van der Waals surface area (Å²) < 4.78 is 14.1. The van der Waals surface area contributed by atoms with E-state index in [2.05, 4.69) is 19.2 Å². The maximum Gasteiger partial charge on any atom is 0.241 e. The van der Waals surface area contributed by atoms with E-state index in [0.717, 1.165) is 19.3 Å². The number of rotatable bonds is 4. The molecule has 1 aliphatic carbocycles. The molecule has 0 bridgehead atoms. The second kappa shape index (κ2) is 5.17. The van der Waals surface area contributed by atoms with Gasteiger partial charge in [-0.25, -0.2) is 4.39 Å². The first-order chi connectivity index (χ1) is 9.63. The first kappa shape index (κ1) is 13.6. The van der Waals surface area contributed by atoms with Crippen LogP contribution in [-0.2, 0) is 4.79 Å². The molecule has 1 amide bonds. The van der Waals surface area contributed by atoms with Crippen LogP contribution in [0.4, 0.5) is 4.39 Å². The predicted molar refractivity (Wildman–Crippen MR) is 75.4 cm³/mol. The molecule has 2 fully saturated rings. The molecule has 4 heteroatoms. The molecule has 3 rings (SSSR count). The van der Waals surface area contributed by atoms with Gasteiger partial charge in [-0.3, -0.25) is 10.1 Å². The highest BCUT2D eigenvalue weighted by molar-refractivity contribution is 5.85. The van der Waals surface area contributed by atoms with Crippen LogP contribution in [0.15, 0.2) is 24.3 Å². The van der Waals surface area contributed by atoms with E-state index in [0.29, 0.717) is 11.5 Å². The fourth-order valence-corrected chi connectivity index (χ4v) is 3.13. The molecule has 3 nitrogen and oxygen atoms in total. The second-order valence-corrected chi connectivity index (χ2v) is 5.96. The summed E-state index contributed by atoms with van der Waals surface area (Å²) >= 11 is 0. The first-order valence-corrected chi connectivity index (χ1v) is 7.46. The monoisotopic (exact) mass is 276 g/mol. The number of halogens is 1. The van der Waals surface area contributed by atoms with Crippen molar-refractivity contribution in [3.8, 4) is 0 Å². The lowest BCUT2D eigenvalue weighted by atomic mass is 10.1. The van der Waals surface area contributed by atoms with Crippen LogP contribution in [0, 0.1) is 11.7 Å². The molecule has 0 aromatic heterocycles. The van der Waals surface area contributed by atoms with Gasteiger partial charge in [-0.2, -0.15) is 0 Å². The highest BCUT2D eigenvalue weighted by atomic mass is 19.1. The smallest absolute Gasteiger partial charge is 0.241 e. The van der Waals surface area contributed by atoms with Gasteiger partial charge in [0.2, 0.25) is 5.91 Å². The molecule has 1 aliphatic heterocycles. The lowest BCUT2D eigenvalue weighted by Gasteiger charge is -2.25. The van der Waals surface area contributed by atoms with Gasteiger partial charge in [0.1, 0.15) is 12.0 Å². The molecule has 0 radical (unpaired) electrons. The van der Waals surface area contributed by atoms with Crippen molar-refractivity contribution in [2.75, 3.05) is 0 Å². The number of benzene rings is 1. The Morgan fingerprint density at radius 1 is 1.40 bits per heavy atom. The number of hydrogen-bond acceptors (Lipinski definition) is 2. The summed E-state index contributed by atoms with van der Waals surface area (Å²) in [4.78, 5) is 14.4. The van der Waals surface area contributed by atoms with Gasteiger partial charge in [0.05, 0.1) is 6.04 Å². The molecule has 1 aromatic rings. The van der Waals surface area contributed by atoms with E-state index < -0.39 is 0 Å². The fourth-order valence-electron chi connectivity index (χ4n) is 3.13. The molecule has 108 valence electrons. The number of hydrogen-bond donors (Lipinski definition) is 1. The molecule has 20 heavy (non-hydrogen) atoms. The van der Waals surface area contributed by atoms with E-state index >= 15 is 0 Å². The Morgan fingerprint density at radius 2 is 2.10 bits per heavy atom. The summed E-state index contributed by atoms with van der Waals surface area (Å²) in [5.74, 6) is 0.415. The van der Waals surface area contributed by atoms with Crippen molar-refractivity contribution >= 4 is 5.91 Å². The number of nitrogens with one attached hydrogen (secondary N) is 1. The quantitative estimate of drug-likeness (QED) is 0.917. The molecule has 2 aliphatic rings. The molecule has 1 heterocycles. The van der Waals surface area contributed by atoms with E-state index in [-0.39, 0.29) is 30.0 Å². The average molecular weight is 276 g/mol. The zero-order chi connectivity index (χ0) is 14.3.